The molecule has 1 saturated heterocycles. The second-order valence-electron chi connectivity index (χ2n) is 7.88. The highest BCUT2D eigenvalue weighted by atomic mass is 32.2. The number of carbonyl (C=O) groups is 3. The van der Waals surface area contributed by atoms with Gasteiger partial charge in [-0.2, -0.15) is 13.3 Å². The van der Waals surface area contributed by atoms with E-state index >= 15 is 0 Å². The number of β-lactam (4-membered cyclic amide) rings is 1. The number of aromatic nitrogens is 2. The van der Waals surface area contributed by atoms with Gasteiger partial charge < -0.3 is 25.8 Å². The normalized spacial score (nSPS) is 19.8. The number of fused-ring (bicyclic) bond motifs is 1. The first-order chi connectivity index (χ1) is 17.1. The van der Waals surface area contributed by atoms with E-state index in [0.29, 0.717) is 5.57 Å². The number of pyridine rings is 1. The van der Waals surface area contributed by atoms with Crippen LogP contribution in [0.15, 0.2) is 40.1 Å². The number of aryl methyl sites for hydroxylation is 1. The fourth-order valence-electron chi connectivity index (χ4n) is 3.82. The number of carboxylic acid groups (broad SMARTS) is 1. The van der Waals surface area contributed by atoms with Gasteiger partial charge in [0.15, 0.2) is 29.3 Å². The first-order valence-corrected chi connectivity index (χ1v) is 12.4. The fraction of sp³-hybridized carbons (Fsp3) is 0.333. The Balaban J connectivity index is 1.55. The Kier molecular flexibility index (Phi) is 7.21. The number of aliphatic carboxylic acids is 1. The van der Waals surface area contributed by atoms with Gasteiger partial charge in [-0.3, -0.25) is 14.5 Å². The molecule has 4 rings (SSSR count). The average molecular weight is 539 g/mol. The third kappa shape index (κ3) is 4.88. The standard InChI is InChI=1S/C21H20F2N6O5S2/c1-9-4-3-5-28(10(9)2)6-11-7-35-18-14(17(31)29(18)15(11)19(32)33)26-16(30)13(27-34-20(22)23)12-8-36-21(24)25-12/h3-5,8,14,18,20H,6-7H2,1-2H3,(H3-,24,25,26,30,32,33)/t14?,18-/m1/s1. The van der Waals surface area contributed by atoms with Crippen LogP contribution in [0.5, 0.6) is 0 Å². The van der Waals surface area contributed by atoms with Gasteiger partial charge >= 0.3 is 6.61 Å². The number of nitrogens with one attached hydrogen (secondary N) is 1. The van der Waals surface area contributed by atoms with Crippen LogP contribution in [0.2, 0.25) is 0 Å². The number of carboxylic acids is 1. The number of hydrogen-bond acceptors (Lipinski definition) is 10. The molecular formula is C21H20F2N6O5S2. The van der Waals surface area contributed by atoms with Gasteiger partial charge in [-0.1, -0.05) is 5.16 Å². The number of amides is 2. The molecule has 2 amide bonds. The number of rotatable bonds is 8. The van der Waals surface area contributed by atoms with Crippen molar-refractivity contribution in [3.8, 4) is 0 Å². The minimum atomic E-state index is -3.29. The van der Waals surface area contributed by atoms with Gasteiger partial charge in [0, 0.05) is 35.3 Å². The Hall–Kier alpha value is -3.59. The van der Waals surface area contributed by atoms with Crippen molar-refractivity contribution in [1.82, 2.24) is 15.2 Å². The third-order valence-electron chi connectivity index (χ3n) is 5.71. The van der Waals surface area contributed by atoms with Gasteiger partial charge in [-0.15, -0.1) is 23.1 Å². The lowest BCUT2D eigenvalue weighted by Crippen LogP contribution is -2.71. The van der Waals surface area contributed by atoms with E-state index in [0.717, 1.165) is 27.5 Å². The summed E-state index contributed by atoms with van der Waals surface area (Å²) in [6.45, 7) is 0.787. The van der Waals surface area contributed by atoms with Gasteiger partial charge in [0.25, 0.3) is 11.8 Å². The number of halogens is 2. The maximum atomic E-state index is 12.9. The number of oxime groups is 1. The molecule has 11 nitrogen and oxygen atoms in total. The van der Waals surface area contributed by atoms with Crippen molar-refractivity contribution in [1.29, 1.82) is 0 Å². The van der Waals surface area contributed by atoms with Crippen LogP contribution >= 0.6 is 23.1 Å². The monoisotopic (exact) mass is 538 g/mol. The summed E-state index contributed by atoms with van der Waals surface area (Å²) in [5, 5.41) is 18.2. The van der Waals surface area contributed by atoms with Crippen LogP contribution in [0.25, 0.3) is 0 Å². The maximum Gasteiger partial charge on any atom is 0.407 e. The molecule has 0 saturated carbocycles. The molecule has 36 heavy (non-hydrogen) atoms. The smallest absolute Gasteiger partial charge is 0.407 e. The largest absolute Gasteiger partial charge is 0.543 e. The summed E-state index contributed by atoms with van der Waals surface area (Å²) in [6.07, 6.45) is 1.81. The van der Waals surface area contributed by atoms with E-state index in [4.69, 9.17) is 5.73 Å². The third-order valence-corrected chi connectivity index (χ3v) is 7.72. The van der Waals surface area contributed by atoms with E-state index in [1.54, 1.807) is 0 Å². The summed E-state index contributed by atoms with van der Waals surface area (Å²) >= 11 is 2.21. The van der Waals surface area contributed by atoms with Crippen molar-refractivity contribution >= 4 is 51.7 Å². The average Bonchev–Trinajstić information content (AvgIpc) is 3.25. The number of nitrogens with zero attached hydrogens (tertiary/aromatic N) is 4. The molecule has 15 heteroatoms. The summed E-state index contributed by atoms with van der Waals surface area (Å²) in [5.74, 6) is -2.93. The molecule has 0 spiro atoms. The number of anilines is 1. The molecule has 2 atom stereocenters. The molecule has 4 heterocycles. The second kappa shape index (κ2) is 10.2. The summed E-state index contributed by atoms with van der Waals surface area (Å²) in [4.78, 5) is 46.6. The Morgan fingerprint density at radius 3 is 2.83 bits per heavy atom. The summed E-state index contributed by atoms with van der Waals surface area (Å²) in [7, 11) is 0. The van der Waals surface area contributed by atoms with Crippen molar-refractivity contribution in [3.63, 3.8) is 0 Å². The second-order valence-corrected chi connectivity index (χ2v) is 9.88. The molecule has 190 valence electrons. The number of thiazole rings is 1. The number of nitrogens with two attached hydrogens (primary N) is 1. The first-order valence-electron chi connectivity index (χ1n) is 10.5. The Labute approximate surface area is 211 Å². The van der Waals surface area contributed by atoms with Crippen LogP contribution in [0, 0.1) is 13.8 Å². The Morgan fingerprint density at radius 2 is 2.19 bits per heavy atom. The SMILES string of the molecule is Cc1ccc[n+](CC2=C(C(=O)[O-])N3C(=O)C(NC(=O)C(=NOC(F)F)c4csc(N)n4)[C@H]3SC2)c1C. The van der Waals surface area contributed by atoms with Crippen LogP contribution in [-0.4, -0.2) is 57.2 Å². The zero-order valence-corrected chi connectivity index (χ0v) is 20.6. The van der Waals surface area contributed by atoms with E-state index in [-0.39, 0.29) is 28.8 Å². The predicted molar refractivity (Wildman–Crippen MR) is 123 cm³/mol. The van der Waals surface area contributed by atoms with Gasteiger partial charge in [0.05, 0.1) is 11.7 Å². The van der Waals surface area contributed by atoms with Crippen LogP contribution in [0.1, 0.15) is 17.0 Å². The van der Waals surface area contributed by atoms with Gasteiger partial charge in [-0.05, 0) is 13.0 Å². The molecule has 0 aromatic carbocycles. The summed E-state index contributed by atoms with van der Waals surface area (Å²) in [6, 6.07) is 2.65. The highest BCUT2D eigenvalue weighted by Crippen LogP contribution is 2.40. The van der Waals surface area contributed by atoms with E-state index in [1.165, 1.54) is 17.1 Å². The first kappa shape index (κ1) is 25.5. The zero-order chi connectivity index (χ0) is 26.1. The van der Waals surface area contributed by atoms with E-state index in [2.05, 4.69) is 20.3 Å². The van der Waals surface area contributed by atoms with E-state index in [9.17, 15) is 28.3 Å². The Bertz CT molecular complexity index is 1300. The fourth-order valence-corrected chi connectivity index (χ4v) is 5.71. The number of carbonyl (C=O) groups excluding carboxylic acids is 3. The lowest BCUT2D eigenvalue weighted by Gasteiger charge is -2.50. The predicted octanol–water partition coefficient (Wildman–Crippen LogP) is -0.323. The molecule has 0 bridgehead atoms. The van der Waals surface area contributed by atoms with Gasteiger partial charge in [-0.25, -0.2) is 4.98 Å². The molecule has 1 unspecified atom stereocenters. The van der Waals surface area contributed by atoms with Crippen molar-refractivity contribution in [2.75, 3.05) is 11.5 Å². The molecule has 2 aliphatic heterocycles. The maximum absolute atomic E-state index is 12.9. The lowest BCUT2D eigenvalue weighted by molar-refractivity contribution is -0.695. The molecule has 2 aromatic heterocycles. The van der Waals surface area contributed by atoms with Gasteiger partial charge in [0.1, 0.15) is 17.1 Å². The minimum Gasteiger partial charge on any atom is -0.543 e. The highest BCUT2D eigenvalue weighted by molar-refractivity contribution is 8.00. The van der Waals surface area contributed by atoms with Crippen molar-refractivity contribution in [2.24, 2.45) is 5.16 Å². The highest BCUT2D eigenvalue weighted by Gasteiger charge is 2.53. The molecule has 0 aliphatic carbocycles. The number of hydrogen-bond donors (Lipinski definition) is 2. The van der Waals surface area contributed by atoms with Crippen LogP contribution in [0.3, 0.4) is 0 Å². The lowest BCUT2D eigenvalue weighted by atomic mass is 10.0. The van der Waals surface area contributed by atoms with E-state index in [1.807, 2.05) is 36.7 Å². The number of alkyl halides is 2. The molecule has 1 fully saturated rings. The molecule has 3 N–H and O–H groups in total. The number of nitrogen functional groups attached to an aromatic ring is 1. The molecule has 2 aromatic rings. The molecular weight excluding hydrogens is 518 g/mol. The van der Waals surface area contributed by atoms with Crippen LogP contribution in [0.4, 0.5) is 13.9 Å². The summed E-state index contributed by atoms with van der Waals surface area (Å²) in [5.41, 5.74) is 7.04. The topological polar surface area (TPSA) is 154 Å². The quantitative estimate of drug-likeness (QED) is 0.201. The molecule has 2 aliphatic rings. The Morgan fingerprint density at radius 1 is 1.44 bits per heavy atom. The number of thioether (sulfide) groups is 1. The minimum absolute atomic E-state index is 0.0641. The summed E-state index contributed by atoms with van der Waals surface area (Å²) < 4.78 is 26.9. The van der Waals surface area contributed by atoms with Crippen LogP contribution in [-0.2, 0) is 25.8 Å². The zero-order valence-electron chi connectivity index (χ0n) is 18.9. The van der Waals surface area contributed by atoms with Crippen molar-refractivity contribution in [3.05, 3.63) is 51.9 Å². The van der Waals surface area contributed by atoms with Crippen molar-refractivity contribution in [2.45, 2.75) is 38.4 Å². The molecule has 0 radical (unpaired) electrons. The van der Waals surface area contributed by atoms with Gasteiger partial charge in [0.2, 0.25) is 0 Å². The van der Waals surface area contributed by atoms with E-state index < -0.39 is 41.5 Å². The van der Waals surface area contributed by atoms with Crippen molar-refractivity contribution < 1.29 is 37.7 Å². The van der Waals surface area contributed by atoms with Crippen LogP contribution < -0.4 is 20.7 Å².